The third-order valence-corrected chi connectivity index (χ3v) is 3.12. The van der Waals surface area contributed by atoms with Crippen LogP contribution in [-0.2, 0) is 6.42 Å². The maximum Gasteiger partial charge on any atom is 0.0302 e. The van der Waals surface area contributed by atoms with E-state index in [1.165, 1.54) is 24.0 Å². The third kappa shape index (κ3) is 1.46. The molecular weight excluding hydrogens is 160 g/mol. The van der Waals surface area contributed by atoms with Gasteiger partial charge in [-0.1, -0.05) is 6.92 Å². The number of aromatic nitrogens is 1. The molecule has 2 atom stereocenters. The van der Waals surface area contributed by atoms with Gasteiger partial charge in [0.1, 0.15) is 0 Å². The Morgan fingerprint density at radius 2 is 2.54 bits per heavy atom. The Morgan fingerprint density at radius 3 is 3.31 bits per heavy atom. The van der Waals surface area contributed by atoms with Crippen LogP contribution in [0.1, 0.15) is 30.4 Å². The Labute approximate surface area is 79.2 Å². The maximum atomic E-state index is 5.69. The van der Waals surface area contributed by atoms with E-state index in [4.69, 9.17) is 5.73 Å². The molecule has 13 heavy (non-hydrogen) atoms. The zero-order valence-electron chi connectivity index (χ0n) is 8.03. The Morgan fingerprint density at radius 1 is 1.69 bits per heavy atom. The zero-order chi connectivity index (χ0) is 9.26. The van der Waals surface area contributed by atoms with Gasteiger partial charge in [-0.15, -0.1) is 0 Å². The molecule has 1 aliphatic carbocycles. The second kappa shape index (κ2) is 3.46. The van der Waals surface area contributed by atoms with Gasteiger partial charge in [-0.25, -0.2) is 0 Å². The van der Waals surface area contributed by atoms with Gasteiger partial charge in [0.25, 0.3) is 0 Å². The lowest BCUT2D eigenvalue weighted by molar-refractivity contribution is 0.466. The quantitative estimate of drug-likeness (QED) is 0.745. The molecule has 0 aliphatic heterocycles. The summed E-state index contributed by atoms with van der Waals surface area (Å²) < 4.78 is 0. The molecule has 0 aromatic carbocycles. The average Bonchev–Trinajstić information content (AvgIpc) is 2.60. The first-order valence-electron chi connectivity index (χ1n) is 4.95. The number of hydrogen-bond donors (Lipinski definition) is 1. The fraction of sp³-hybridized carbons (Fsp3) is 0.545. The van der Waals surface area contributed by atoms with Crippen LogP contribution in [0.4, 0.5) is 0 Å². The summed E-state index contributed by atoms with van der Waals surface area (Å²) >= 11 is 0. The van der Waals surface area contributed by atoms with E-state index in [1.54, 1.807) is 0 Å². The number of nitrogens with zero attached hydrogens (tertiary/aromatic N) is 1. The van der Waals surface area contributed by atoms with Gasteiger partial charge < -0.3 is 5.73 Å². The first-order valence-corrected chi connectivity index (χ1v) is 4.95. The lowest BCUT2D eigenvalue weighted by Crippen LogP contribution is -2.17. The molecule has 1 aliphatic rings. The van der Waals surface area contributed by atoms with Crippen molar-refractivity contribution in [1.82, 2.24) is 4.98 Å². The van der Waals surface area contributed by atoms with Crippen LogP contribution in [-0.4, -0.2) is 11.5 Å². The normalized spacial score (nSPS) is 22.8. The number of hydrogen-bond acceptors (Lipinski definition) is 2. The number of pyridine rings is 1. The Kier molecular flexibility index (Phi) is 2.32. The van der Waals surface area contributed by atoms with Gasteiger partial charge in [0.2, 0.25) is 0 Å². The standard InChI is InChI=1S/C11H16N2/c1-8(6-12)10-3-2-9-7-13-5-4-11(9)10/h4-5,7-8,10H,2-3,6,12H2,1H3. The van der Waals surface area contributed by atoms with Crippen molar-refractivity contribution in [3.63, 3.8) is 0 Å². The molecule has 2 unspecified atom stereocenters. The zero-order valence-corrected chi connectivity index (χ0v) is 8.03. The van der Waals surface area contributed by atoms with E-state index in [9.17, 15) is 0 Å². The summed E-state index contributed by atoms with van der Waals surface area (Å²) in [6.07, 6.45) is 6.32. The Bertz CT molecular complexity index is 296. The number of fused-ring (bicyclic) bond motifs is 1. The highest BCUT2D eigenvalue weighted by atomic mass is 14.6. The predicted molar refractivity (Wildman–Crippen MR) is 53.5 cm³/mol. The average molecular weight is 176 g/mol. The van der Waals surface area contributed by atoms with Crippen molar-refractivity contribution in [3.05, 3.63) is 29.6 Å². The minimum atomic E-state index is 0.601. The van der Waals surface area contributed by atoms with Gasteiger partial charge in [-0.2, -0.15) is 0 Å². The summed E-state index contributed by atoms with van der Waals surface area (Å²) in [5, 5.41) is 0. The molecule has 1 aromatic rings. The molecule has 2 N–H and O–H groups in total. The van der Waals surface area contributed by atoms with Crippen LogP contribution < -0.4 is 5.73 Å². The SMILES string of the molecule is CC(CN)C1CCc2cnccc21. The van der Waals surface area contributed by atoms with Crippen LogP contribution in [0.3, 0.4) is 0 Å². The van der Waals surface area contributed by atoms with Gasteiger partial charge in [-0.05, 0) is 48.4 Å². The molecule has 2 heteroatoms. The predicted octanol–water partition coefficient (Wildman–Crippen LogP) is 1.71. The lowest BCUT2D eigenvalue weighted by atomic mass is 9.89. The van der Waals surface area contributed by atoms with Crippen LogP contribution in [0, 0.1) is 5.92 Å². The second-order valence-electron chi connectivity index (χ2n) is 3.93. The minimum absolute atomic E-state index is 0.601. The van der Waals surface area contributed by atoms with E-state index < -0.39 is 0 Å². The van der Waals surface area contributed by atoms with E-state index in [0.29, 0.717) is 11.8 Å². The van der Waals surface area contributed by atoms with Crippen molar-refractivity contribution in [3.8, 4) is 0 Å². The molecule has 0 saturated carbocycles. The lowest BCUT2D eigenvalue weighted by Gasteiger charge is -2.17. The summed E-state index contributed by atoms with van der Waals surface area (Å²) in [4.78, 5) is 4.14. The van der Waals surface area contributed by atoms with Gasteiger partial charge in [0, 0.05) is 12.4 Å². The van der Waals surface area contributed by atoms with Gasteiger partial charge in [0.15, 0.2) is 0 Å². The second-order valence-corrected chi connectivity index (χ2v) is 3.93. The monoisotopic (exact) mass is 176 g/mol. The van der Waals surface area contributed by atoms with E-state index in [0.717, 1.165) is 6.54 Å². The molecule has 2 nitrogen and oxygen atoms in total. The summed E-state index contributed by atoms with van der Waals surface area (Å²) in [5.41, 5.74) is 8.60. The molecule has 0 fully saturated rings. The molecule has 0 saturated heterocycles. The minimum Gasteiger partial charge on any atom is -0.330 e. The number of rotatable bonds is 2. The van der Waals surface area contributed by atoms with E-state index in [1.807, 2.05) is 12.4 Å². The molecule has 1 aromatic heterocycles. The van der Waals surface area contributed by atoms with Crippen molar-refractivity contribution < 1.29 is 0 Å². The van der Waals surface area contributed by atoms with Crippen molar-refractivity contribution in [2.45, 2.75) is 25.7 Å². The van der Waals surface area contributed by atoms with Crippen LogP contribution >= 0.6 is 0 Å². The fourth-order valence-corrected chi connectivity index (χ4v) is 2.23. The highest BCUT2D eigenvalue weighted by Gasteiger charge is 2.25. The molecule has 0 bridgehead atoms. The van der Waals surface area contributed by atoms with Crippen molar-refractivity contribution >= 4 is 0 Å². The first kappa shape index (κ1) is 8.70. The van der Waals surface area contributed by atoms with Crippen molar-refractivity contribution in [2.75, 3.05) is 6.54 Å². The highest BCUT2D eigenvalue weighted by Crippen LogP contribution is 2.37. The van der Waals surface area contributed by atoms with Crippen LogP contribution in [0.5, 0.6) is 0 Å². The fourth-order valence-electron chi connectivity index (χ4n) is 2.23. The Hall–Kier alpha value is -0.890. The number of nitrogens with two attached hydrogens (primary N) is 1. The summed E-state index contributed by atoms with van der Waals surface area (Å²) in [6, 6.07) is 2.15. The third-order valence-electron chi connectivity index (χ3n) is 3.12. The molecule has 70 valence electrons. The first-order chi connectivity index (χ1) is 6.33. The smallest absolute Gasteiger partial charge is 0.0302 e. The highest BCUT2D eigenvalue weighted by molar-refractivity contribution is 5.32. The molecule has 0 radical (unpaired) electrons. The van der Waals surface area contributed by atoms with Crippen LogP contribution in [0.25, 0.3) is 0 Å². The summed E-state index contributed by atoms with van der Waals surface area (Å²) in [6.45, 7) is 3.02. The summed E-state index contributed by atoms with van der Waals surface area (Å²) in [7, 11) is 0. The van der Waals surface area contributed by atoms with Crippen molar-refractivity contribution in [1.29, 1.82) is 0 Å². The molecule has 2 rings (SSSR count). The van der Waals surface area contributed by atoms with Gasteiger partial charge in [-0.3, -0.25) is 4.98 Å². The van der Waals surface area contributed by atoms with Crippen LogP contribution in [0.2, 0.25) is 0 Å². The topological polar surface area (TPSA) is 38.9 Å². The van der Waals surface area contributed by atoms with Crippen LogP contribution in [0.15, 0.2) is 18.5 Å². The molecule has 0 amide bonds. The van der Waals surface area contributed by atoms with Gasteiger partial charge in [0.05, 0.1) is 0 Å². The van der Waals surface area contributed by atoms with E-state index in [-0.39, 0.29) is 0 Å². The summed E-state index contributed by atoms with van der Waals surface area (Å²) in [5.74, 6) is 1.27. The molecular formula is C11H16N2. The largest absolute Gasteiger partial charge is 0.330 e. The molecule has 0 spiro atoms. The van der Waals surface area contributed by atoms with E-state index in [2.05, 4.69) is 18.0 Å². The maximum absolute atomic E-state index is 5.69. The number of aryl methyl sites for hydroxylation is 1. The van der Waals surface area contributed by atoms with Gasteiger partial charge >= 0.3 is 0 Å². The van der Waals surface area contributed by atoms with E-state index >= 15 is 0 Å². The van der Waals surface area contributed by atoms with Crippen molar-refractivity contribution in [2.24, 2.45) is 11.7 Å². The molecule has 1 heterocycles. The Balaban J connectivity index is 2.28.